The number of nitrogens with zero attached hydrogens (tertiary/aromatic N) is 3. The molecule has 8 heteroatoms. The lowest BCUT2D eigenvalue weighted by molar-refractivity contribution is 0.222. The molecule has 37 heavy (non-hydrogen) atoms. The van der Waals surface area contributed by atoms with Crippen molar-refractivity contribution >= 4 is 10.9 Å². The summed E-state index contributed by atoms with van der Waals surface area (Å²) < 4.78 is 40.2. The standard InChI is InChI=1S/C29H23F2N3O3/c1-15-8-11-17(12-9-15)24-22-25(32(3)29(36)33(4)28(22)35)26-27(18-6-5-7-19(30)23(18)31)37-21-13-10-16(2)14-20(21)34(24)26/h5-14,27H,1-4H3. The van der Waals surface area contributed by atoms with E-state index in [1.165, 1.54) is 23.7 Å². The maximum absolute atomic E-state index is 15.2. The SMILES string of the molecule is Cc1ccc(-c2c3c(=O)n(C)c(=O)n(C)c3c3n2-c2cc(C)ccc2OC3c2cccc(F)c2F)cc1. The molecule has 2 aromatic heterocycles. The summed E-state index contributed by atoms with van der Waals surface area (Å²) in [6, 6.07) is 17.2. The molecule has 6 nitrogen and oxygen atoms in total. The van der Waals surface area contributed by atoms with Crippen LogP contribution in [-0.4, -0.2) is 13.7 Å². The molecule has 0 radical (unpaired) electrons. The van der Waals surface area contributed by atoms with Crippen LogP contribution in [0.25, 0.3) is 27.8 Å². The van der Waals surface area contributed by atoms with Crippen molar-refractivity contribution in [2.45, 2.75) is 20.0 Å². The van der Waals surface area contributed by atoms with Crippen LogP contribution in [0.2, 0.25) is 0 Å². The Morgan fingerprint density at radius 3 is 2.30 bits per heavy atom. The van der Waals surface area contributed by atoms with Crippen LogP contribution in [0, 0.1) is 25.5 Å². The number of rotatable bonds is 2. The van der Waals surface area contributed by atoms with Crippen molar-refractivity contribution in [3.8, 4) is 22.7 Å². The molecule has 0 aliphatic carbocycles. The van der Waals surface area contributed by atoms with Crippen LogP contribution in [0.1, 0.15) is 28.5 Å². The fourth-order valence-corrected chi connectivity index (χ4v) is 5.19. The Morgan fingerprint density at radius 1 is 0.865 bits per heavy atom. The molecular formula is C29H23F2N3O3. The molecule has 0 N–H and O–H groups in total. The Kier molecular flexibility index (Phi) is 4.98. The summed E-state index contributed by atoms with van der Waals surface area (Å²) in [5, 5.41) is 0.295. The smallest absolute Gasteiger partial charge is 0.331 e. The molecule has 6 rings (SSSR count). The van der Waals surface area contributed by atoms with Gasteiger partial charge in [-0.25, -0.2) is 13.6 Å². The zero-order valence-electron chi connectivity index (χ0n) is 20.7. The van der Waals surface area contributed by atoms with Crippen LogP contribution < -0.4 is 16.0 Å². The number of aromatic nitrogens is 3. The fourth-order valence-electron chi connectivity index (χ4n) is 5.19. The number of hydrogen-bond acceptors (Lipinski definition) is 3. The summed E-state index contributed by atoms with van der Waals surface area (Å²) in [6.07, 6.45) is -1.12. The molecule has 186 valence electrons. The van der Waals surface area contributed by atoms with Gasteiger partial charge in [0, 0.05) is 19.7 Å². The number of hydrogen-bond donors (Lipinski definition) is 0. The lowest BCUT2D eigenvalue weighted by Gasteiger charge is -2.30. The summed E-state index contributed by atoms with van der Waals surface area (Å²) in [5.41, 5.74) is 3.56. The largest absolute Gasteiger partial charge is 0.477 e. The van der Waals surface area contributed by atoms with E-state index < -0.39 is 29.0 Å². The van der Waals surface area contributed by atoms with E-state index in [1.54, 1.807) is 13.1 Å². The monoisotopic (exact) mass is 499 g/mol. The molecule has 0 amide bonds. The highest BCUT2D eigenvalue weighted by molar-refractivity contribution is 5.98. The highest BCUT2D eigenvalue weighted by Gasteiger charge is 2.37. The van der Waals surface area contributed by atoms with Crippen LogP contribution in [0.3, 0.4) is 0 Å². The van der Waals surface area contributed by atoms with Crippen molar-refractivity contribution < 1.29 is 13.5 Å². The third-order valence-electron chi connectivity index (χ3n) is 7.05. The van der Waals surface area contributed by atoms with Gasteiger partial charge in [-0.1, -0.05) is 48.0 Å². The van der Waals surface area contributed by atoms with E-state index in [0.717, 1.165) is 27.3 Å². The minimum Gasteiger partial charge on any atom is -0.477 e. The third-order valence-corrected chi connectivity index (χ3v) is 7.05. The van der Waals surface area contributed by atoms with E-state index in [0.29, 0.717) is 33.7 Å². The number of fused-ring (bicyclic) bond motifs is 5. The van der Waals surface area contributed by atoms with E-state index in [2.05, 4.69) is 0 Å². The van der Waals surface area contributed by atoms with E-state index in [-0.39, 0.29) is 5.56 Å². The predicted octanol–water partition coefficient (Wildman–Crippen LogP) is 5.07. The summed E-state index contributed by atoms with van der Waals surface area (Å²) in [5.74, 6) is -1.61. The quantitative estimate of drug-likeness (QED) is 0.341. The van der Waals surface area contributed by atoms with Crippen LogP contribution in [-0.2, 0) is 14.1 Å². The van der Waals surface area contributed by atoms with Gasteiger partial charge in [-0.2, -0.15) is 0 Å². The van der Waals surface area contributed by atoms with E-state index in [9.17, 15) is 14.0 Å². The van der Waals surface area contributed by atoms with Crippen LogP contribution in [0.15, 0.2) is 70.3 Å². The van der Waals surface area contributed by atoms with Gasteiger partial charge >= 0.3 is 5.69 Å². The second-order valence-electron chi connectivity index (χ2n) is 9.48. The number of benzene rings is 3. The van der Waals surface area contributed by atoms with Gasteiger partial charge in [0.05, 0.1) is 28.0 Å². The molecule has 0 bridgehead atoms. The van der Waals surface area contributed by atoms with Crippen molar-refractivity contribution in [2.75, 3.05) is 0 Å². The topological polar surface area (TPSA) is 58.2 Å². The molecule has 3 heterocycles. The molecular weight excluding hydrogens is 476 g/mol. The maximum Gasteiger partial charge on any atom is 0.331 e. The first-order valence-electron chi connectivity index (χ1n) is 11.8. The molecule has 1 atom stereocenters. The van der Waals surface area contributed by atoms with Crippen molar-refractivity contribution in [3.63, 3.8) is 0 Å². The highest BCUT2D eigenvalue weighted by Crippen LogP contribution is 2.47. The third kappa shape index (κ3) is 3.21. The summed E-state index contributed by atoms with van der Waals surface area (Å²) in [4.78, 5) is 26.8. The van der Waals surface area contributed by atoms with Gasteiger partial charge in [-0.15, -0.1) is 0 Å². The second-order valence-corrected chi connectivity index (χ2v) is 9.48. The fraction of sp³-hybridized carbons (Fsp3) is 0.172. The molecule has 1 aliphatic heterocycles. The molecule has 1 aliphatic rings. The van der Waals surface area contributed by atoms with Gasteiger partial charge in [0.2, 0.25) is 0 Å². The predicted molar refractivity (Wildman–Crippen MR) is 137 cm³/mol. The average Bonchev–Trinajstić information content (AvgIpc) is 3.25. The van der Waals surface area contributed by atoms with Gasteiger partial charge in [0.25, 0.3) is 5.56 Å². The Balaban J connectivity index is 1.88. The first-order chi connectivity index (χ1) is 17.7. The van der Waals surface area contributed by atoms with Crippen LogP contribution in [0.4, 0.5) is 8.78 Å². The number of ether oxygens (including phenoxy) is 1. The van der Waals surface area contributed by atoms with Crippen LogP contribution >= 0.6 is 0 Å². The van der Waals surface area contributed by atoms with Crippen molar-refractivity contribution in [1.82, 2.24) is 13.7 Å². The normalized spacial score (nSPS) is 14.4. The Morgan fingerprint density at radius 2 is 1.57 bits per heavy atom. The second kappa shape index (κ2) is 8.03. The van der Waals surface area contributed by atoms with E-state index >= 15 is 4.39 Å². The Bertz CT molecular complexity index is 1860. The maximum atomic E-state index is 15.2. The minimum absolute atomic E-state index is 0.0320. The zero-order valence-corrected chi connectivity index (χ0v) is 20.7. The Hall–Kier alpha value is -4.46. The summed E-state index contributed by atoms with van der Waals surface area (Å²) >= 11 is 0. The molecule has 0 spiro atoms. The number of aryl methyl sites for hydroxylation is 3. The summed E-state index contributed by atoms with van der Waals surface area (Å²) in [7, 11) is 2.99. The molecule has 0 fully saturated rings. The number of halogens is 2. The van der Waals surface area contributed by atoms with Gasteiger partial charge in [-0.3, -0.25) is 13.9 Å². The van der Waals surface area contributed by atoms with Crippen LogP contribution in [0.5, 0.6) is 5.75 Å². The van der Waals surface area contributed by atoms with Crippen molar-refractivity contribution in [2.24, 2.45) is 14.1 Å². The average molecular weight is 500 g/mol. The van der Waals surface area contributed by atoms with Gasteiger partial charge in [0.1, 0.15) is 5.75 Å². The minimum atomic E-state index is -1.12. The molecule has 5 aromatic rings. The zero-order chi connectivity index (χ0) is 26.2. The van der Waals surface area contributed by atoms with E-state index in [1.807, 2.05) is 54.8 Å². The van der Waals surface area contributed by atoms with Gasteiger partial charge in [0.15, 0.2) is 17.7 Å². The lowest BCUT2D eigenvalue weighted by Crippen LogP contribution is -2.37. The summed E-state index contributed by atoms with van der Waals surface area (Å²) in [6.45, 7) is 3.90. The highest BCUT2D eigenvalue weighted by atomic mass is 19.2. The lowest BCUT2D eigenvalue weighted by atomic mass is 10.0. The molecule has 1 unspecified atom stereocenters. The van der Waals surface area contributed by atoms with Crippen molar-refractivity contribution in [1.29, 1.82) is 0 Å². The van der Waals surface area contributed by atoms with Gasteiger partial charge < -0.3 is 9.30 Å². The van der Waals surface area contributed by atoms with Gasteiger partial charge in [-0.05, 0) is 43.2 Å². The van der Waals surface area contributed by atoms with E-state index in [4.69, 9.17) is 4.74 Å². The first kappa shape index (κ1) is 23.0. The van der Waals surface area contributed by atoms with Crippen molar-refractivity contribution in [3.05, 3.63) is 116 Å². The Labute approximate surface area is 210 Å². The molecule has 3 aromatic carbocycles. The molecule has 0 saturated heterocycles. The first-order valence-corrected chi connectivity index (χ1v) is 11.8. The molecule has 0 saturated carbocycles.